The Morgan fingerprint density at radius 1 is 1.18 bits per heavy atom. The van der Waals surface area contributed by atoms with E-state index in [1.54, 1.807) is 0 Å². The molecular formula is C12H15F3O2. The van der Waals surface area contributed by atoms with Gasteiger partial charge in [0.1, 0.15) is 11.7 Å². The summed E-state index contributed by atoms with van der Waals surface area (Å²) >= 11 is 0. The molecule has 1 unspecified atom stereocenters. The highest BCUT2D eigenvalue weighted by Gasteiger charge is 2.42. The van der Waals surface area contributed by atoms with Gasteiger partial charge in [0.2, 0.25) is 0 Å². The number of ether oxygens (including phenoxy) is 1. The topological polar surface area (TPSA) is 26.3 Å². The minimum Gasteiger partial charge on any atom is -0.459 e. The Bertz CT molecular complexity index is 323. The van der Waals surface area contributed by atoms with Crippen molar-refractivity contribution in [1.29, 1.82) is 0 Å². The SMILES string of the molecule is C=C(C(=O)OC1C[C@H]2CCC[C@H]2C1)C(F)(F)F. The summed E-state index contributed by atoms with van der Waals surface area (Å²) in [5.41, 5.74) is -1.41. The Labute approximate surface area is 97.8 Å². The lowest BCUT2D eigenvalue weighted by molar-refractivity contribution is -0.155. The third kappa shape index (κ3) is 2.64. The van der Waals surface area contributed by atoms with Gasteiger partial charge in [-0.2, -0.15) is 13.2 Å². The predicted molar refractivity (Wildman–Crippen MR) is 55.1 cm³/mol. The van der Waals surface area contributed by atoms with Crippen LogP contribution in [0.1, 0.15) is 32.1 Å². The van der Waals surface area contributed by atoms with Gasteiger partial charge in [0, 0.05) is 0 Å². The normalized spacial score (nSPS) is 32.3. The Hall–Kier alpha value is -1.00. The maximum Gasteiger partial charge on any atom is 0.422 e. The molecule has 2 rings (SSSR count). The van der Waals surface area contributed by atoms with E-state index in [0.717, 1.165) is 12.8 Å². The molecule has 2 saturated carbocycles. The molecule has 17 heavy (non-hydrogen) atoms. The average Bonchev–Trinajstić information content (AvgIpc) is 2.74. The molecular weight excluding hydrogens is 233 g/mol. The number of halogens is 3. The van der Waals surface area contributed by atoms with Crippen LogP contribution in [0.3, 0.4) is 0 Å². The van der Waals surface area contributed by atoms with Crippen LogP contribution in [0.25, 0.3) is 0 Å². The third-order valence-corrected chi connectivity index (χ3v) is 3.81. The van der Waals surface area contributed by atoms with Crippen LogP contribution in [-0.4, -0.2) is 18.2 Å². The molecule has 0 heterocycles. The van der Waals surface area contributed by atoms with E-state index in [0.29, 0.717) is 24.7 Å². The minimum absolute atomic E-state index is 0.350. The van der Waals surface area contributed by atoms with E-state index >= 15 is 0 Å². The average molecular weight is 248 g/mol. The van der Waals surface area contributed by atoms with E-state index in [1.165, 1.54) is 6.42 Å². The van der Waals surface area contributed by atoms with Crippen molar-refractivity contribution in [2.24, 2.45) is 11.8 Å². The summed E-state index contributed by atoms with van der Waals surface area (Å²) in [5, 5.41) is 0. The van der Waals surface area contributed by atoms with Crippen LogP contribution in [-0.2, 0) is 9.53 Å². The van der Waals surface area contributed by atoms with Crippen molar-refractivity contribution >= 4 is 5.97 Å². The highest BCUT2D eigenvalue weighted by atomic mass is 19.4. The fourth-order valence-electron chi connectivity index (χ4n) is 2.94. The standard InChI is InChI=1S/C12H15F3O2/c1-7(12(13,14)15)11(16)17-10-5-8-3-2-4-9(8)6-10/h8-10H,1-6H2/t8-,9+,10?. The molecule has 0 aromatic carbocycles. The Morgan fingerprint density at radius 2 is 1.71 bits per heavy atom. The third-order valence-electron chi connectivity index (χ3n) is 3.81. The van der Waals surface area contributed by atoms with E-state index in [-0.39, 0.29) is 6.10 Å². The second-order valence-electron chi connectivity index (χ2n) is 4.93. The van der Waals surface area contributed by atoms with Crippen molar-refractivity contribution < 1.29 is 22.7 Å². The molecule has 2 fully saturated rings. The van der Waals surface area contributed by atoms with Gasteiger partial charge in [-0.1, -0.05) is 25.8 Å². The number of fused-ring (bicyclic) bond motifs is 1. The lowest BCUT2D eigenvalue weighted by Gasteiger charge is -2.15. The van der Waals surface area contributed by atoms with Gasteiger partial charge in [0.15, 0.2) is 0 Å². The fourth-order valence-corrected chi connectivity index (χ4v) is 2.94. The van der Waals surface area contributed by atoms with Crippen LogP contribution in [0.5, 0.6) is 0 Å². The van der Waals surface area contributed by atoms with Gasteiger partial charge in [-0.25, -0.2) is 4.79 Å². The van der Waals surface area contributed by atoms with Gasteiger partial charge in [-0.3, -0.25) is 0 Å². The number of carbonyl (C=O) groups is 1. The van der Waals surface area contributed by atoms with Gasteiger partial charge in [-0.05, 0) is 24.7 Å². The summed E-state index contributed by atoms with van der Waals surface area (Å²) in [6.45, 7) is 2.74. The van der Waals surface area contributed by atoms with Crippen molar-refractivity contribution in [3.05, 3.63) is 12.2 Å². The number of alkyl halides is 3. The number of hydrogen-bond acceptors (Lipinski definition) is 2. The first-order valence-corrected chi connectivity index (χ1v) is 5.85. The van der Waals surface area contributed by atoms with Gasteiger partial charge in [-0.15, -0.1) is 0 Å². The van der Waals surface area contributed by atoms with Crippen LogP contribution < -0.4 is 0 Å². The number of hydrogen-bond donors (Lipinski definition) is 0. The summed E-state index contributed by atoms with van der Waals surface area (Å²) in [4.78, 5) is 11.2. The molecule has 2 aliphatic rings. The van der Waals surface area contributed by atoms with Crippen LogP contribution in [0.4, 0.5) is 13.2 Å². The molecule has 0 aliphatic heterocycles. The molecule has 0 saturated heterocycles. The Morgan fingerprint density at radius 3 is 2.18 bits per heavy atom. The number of rotatable bonds is 2. The lowest BCUT2D eigenvalue weighted by Crippen LogP contribution is -2.24. The highest BCUT2D eigenvalue weighted by Crippen LogP contribution is 2.45. The zero-order chi connectivity index (χ0) is 12.6. The summed E-state index contributed by atoms with van der Waals surface area (Å²) in [5.74, 6) is -0.249. The van der Waals surface area contributed by atoms with Gasteiger partial charge >= 0.3 is 12.1 Å². The first-order valence-electron chi connectivity index (χ1n) is 5.85. The summed E-state index contributed by atoms with van der Waals surface area (Å²) < 4.78 is 41.5. The van der Waals surface area contributed by atoms with Crippen LogP contribution in [0.15, 0.2) is 12.2 Å². The zero-order valence-corrected chi connectivity index (χ0v) is 9.43. The van der Waals surface area contributed by atoms with Crippen molar-refractivity contribution in [3.8, 4) is 0 Å². The van der Waals surface area contributed by atoms with Gasteiger partial charge in [0.05, 0.1) is 0 Å². The van der Waals surface area contributed by atoms with Crippen molar-refractivity contribution in [1.82, 2.24) is 0 Å². The molecule has 0 amide bonds. The first-order chi connectivity index (χ1) is 7.88. The monoisotopic (exact) mass is 248 g/mol. The molecule has 3 atom stereocenters. The van der Waals surface area contributed by atoms with Crippen LogP contribution in [0.2, 0.25) is 0 Å². The molecule has 0 N–H and O–H groups in total. The molecule has 0 bridgehead atoms. The smallest absolute Gasteiger partial charge is 0.422 e. The molecule has 0 spiro atoms. The van der Waals surface area contributed by atoms with Gasteiger partial charge in [0.25, 0.3) is 0 Å². The van der Waals surface area contributed by atoms with Crippen LogP contribution >= 0.6 is 0 Å². The summed E-state index contributed by atoms with van der Waals surface area (Å²) in [6, 6.07) is 0. The Kier molecular flexibility index (Phi) is 3.19. The molecule has 5 heteroatoms. The largest absolute Gasteiger partial charge is 0.459 e. The lowest BCUT2D eigenvalue weighted by atomic mass is 10.0. The molecule has 0 aromatic rings. The number of esters is 1. The maximum atomic E-state index is 12.2. The van der Waals surface area contributed by atoms with E-state index in [4.69, 9.17) is 4.74 Å². The second-order valence-corrected chi connectivity index (χ2v) is 4.93. The maximum absolute atomic E-state index is 12.2. The van der Waals surface area contributed by atoms with Crippen LogP contribution in [0, 0.1) is 11.8 Å². The first kappa shape index (κ1) is 12.5. The van der Waals surface area contributed by atoms with Crippen molar-refractivity contribution in [2.75, 3.05) is 0 Å². The fraction of sp³-hybridized carbons (Fsp3) is 0.750. The second kappa shape index (κ2) is 4.35. The molecule has 2 nitrogen and oxygen atoms in total. The summed E-state index contributed by atoms with van der Waals surface area (Å²) in [7, 11) is 0. The molecule has 2 aliphatic carbocycles. The van der Waals surface area contributed by atoms with E-state index < -0.39 is 17.7 Å². The van der Waals surface area contributed by atoms with E-state index in [2.05, 4.69) is 6.58 Å². The van der Waals surface area contributed by atoms with E-state index in [9.17, 15) is 18.0 Å². The quantitative estimate of drug-likeness (QED) is 0.554. The Balaban J connectivity index is 1.86. The number of carbonyl (C=O) groups excluding carboxylic acids is 1. The van der Waals surface area contributed by atoms with Gasteiger partial charge < -0.3 is 4.74 Å². The van der Waals surface area contributed by atoms with E-state index in [1.807, 2.05) is 0 Å². The van der Waals surface area contributed by atoms with Crippen molar-refractivity contribution in [3.63, 3.8) is 0 Å². The summed E-state index contributed by atoms with van der Waals surface area (Å²) in [6.07, 6.45) is -0.213. The molecule has 0 aromatic heterocycles. The molecule has 96 valence electrons. The predicted octanol–water partition coefficient (Wildman–Crippen LogP) is 3.23. The minimum atomic E-state index is -4.69. The van der Waals surface area contributed by atoms with Crippen molar-refractivity contribution in [2.45, 2.75) is 44.4 Å². The highest BCUT2D eigenvalue weighted by molar-refractivity contribution is 5.89. The molecule has 0 radical (unpaired) electrons. The zero-order valence-electron chi connectivity index (χ0n) is 9.43.